The summed E-state index contributed by atoms with van der Waals surface area (Å²) < 4.78 is 15.8. The molecule has 0 saturated carbocycles. The van der Waals surface area contributed by atoms with Crippen molar-refractivity contribution in [2.24, 2.45) is 5.92 Å². The number of unbranched alkanes of at least 4 members (excludes halogenated alkanes) is 1. The van der Waals surface area contributed by atoms with Crippen molar-refractivity contribution in [3.63, 3.8) is 0 Å². The van der Waals surface area contributed by atoms with Crippen LogP contribution in [0, 0.1) is 11.7 Å². The predicted molar refractivity (Wildman–Crippen MR) is 119 cm³/mol. The molecular formula is C24H28FN5. The fourth-order valence-corrected chi connectivity index (χ4v) is 4.63. The van der Waals surface area contributed by atoms with Gasteiger partial charge < -0.3 is 14.5 Å². The van der Waals surface area contributed by atoms with E-state index in [9.17, 15) is 4.39 Å². The lowest BCUT2D eigenvalue weighted by Crippen LogP contribution is -2.30. The summed E-state index contributed by atoms with van der Waals surface area (Å²) in [5.41, 5.74) is 4.48. The van der Waals surface area contributed by atoms with Gasteiger partial charge in [-0.3, -0.25) is 0 Å². The smallest absolute Gasteiger partial charge is 0.140 e. The molecule has 5 rings (SSSR count). The van der Waals surface area contributed by atoms with E-state index in [1.54, 1.807) is 6.07 Å². The highest BCUT2D eigenvalue weighted by atomic mass is 19.1. The van der Waals surface area contributed by atoms with Crippen molar-refractivity contribution in [1.29, 1.82) is 0 Å². The number of nitrogens with zero attached hydrogens (tertiary/aromatic N) is 4. The van der Waals surface area contributed by atoms with Gasteiger partial charge in [-0.15, -0.1) is 0 Å². The molecule has 2 aromatic heterocycles. The van der Waals surface area contributed by atoms with Gasteiger partial charge in [-0.05, 0) is 75.6 Å². The van der Waals surface area contributed by atoms with Crippen LogP contribution in [0.2, 0.25) is 0 Å². The van der Waals surface area contributed by atoms with Gasteiger partial charge in [0, 0.05) is 12.1 Å². The van der Waals surface area contributed by atoms with Gasteiger partial charge in [-0.25, -0.2) is 14.4 Å². The van der Waals surface area contributed by atoms with Crippen molar-refractivity contribution in [2.75, 3.05) is 20.1 Å². The topological polar surface area (TPSA) is 49.7 Å². The number of aromatic nitrogens is 4. The molecule has 5 nitrogen and oxygen atoms in total. The van der Waals surface area contributed by atoms with Crippen molar-refractivity contribution < 1.29 is 4.39 Å². The number of para-hydroxylation sites is 1. The van der Waals surface area contributed by atoms with Crippen molar-refractivity contribution in [2.45, 2.75) is 38.6 Å². The maximum absolute atomic E-state index is 13.5. The number of H-pyrrole nitrogens is 1. The van der Waals surface area contributed by atoms with Crippen LogP contribution in [0.15, 0.2) is 42.7 Å². The number of likely N-dealkylation sites (tertiary alicyclic amines) is 1. The summed E-state index contributed by atoms with van der Waals surface area (Å²) in [6.45, 7) is 3.47. The molecule has 0 unspecified atom stereocenters. The summed E-state index contributed by atoms with van der Waals surface area (Å²) in [7, 11) is 2.22. The SMILES string of the molecule is CN1CCC(CCCCn2cnc3c(-c4nc5ccc(F)cc5[nH]4)cccc32)CC1. The summed E-state index contributed by atoms with van der Waals surface area (Å²) in [6.07, 6.45) is 8.40. The van der Waals surface area contributed by atoms with E-state index < -0.39 is 0 Å². The van der Waals surface area contributed by atoms with E-state index in [4.69, 9.17) is 0 Å². The number of rotatable bonds is 6. The zero-order valence-corrected chi connectivity index (χ0v) is 17.4. The quantitative estimate of drug-likeness (QED) is 0.447. The Morgan fingerprint density at radius 2 is 2.00 bits per heavy atom. The summed E-state index contributed by atoms with van der Waals surface area (Å²) in [4.78, 5) is 15.0. The monoisotopic (exact) mass is 405 g/mol. The molecule has 6 heteroatoms. The van der Waals surface area contributed by atoms with E-state index in [2.05, 4.69) is 37.5 Å². The number of hydrogen-bond acceptors (Lipinski definition) is 3. The van der Waals surface area contributed by atoms with Crippen LogP contribution in [0.3, 0.4) is 0 Å². The molecule has 0 bridgehead atoms. The second kappa shape index (κ2) is 8.19. The van der Waals surface area contributed by atoms with E-state index >= 15 is 0 Å². The van der Waals surface area contributed by atoms with Crippen molar-refractivity contribution in [3.8, 4) is 11.4 Å². The third kappa shape index (κ3) is 3.84. The highest BCUT2D eigenvalue weighted by Crippen LogP contribution is 2.28. The number of aromatic amines is 1. The first kappa shape index (κ1) is 19.2. The average Bonchev–Trinajstić information content (AvgIpc) is 3.36. The molecule has 3 heterocycles. The molecule has 0 atom stereocenters. The van der Waals surface area contributed by atoms with Gasteiger partial charge in [0.25, 0.3) is 0 Å². The predicted octanol–water partition coefficient (Wildman–Crippen LogP) is 5.23. The zero-order chi connectivity index (χ0) is 20.5. The minimum atomic E-state index is -0.263. The van der Waals surface area contributed by atoms with Gasteiger partial charge in [0.05, 0.1) is 28.4 Å². The van der Waals surface area contributed by atoms with Crippen LogP contribution in [-0.2, 0) is 6.54 Å². The van der Waals surface area contributed by atoms with Gasteiger partial charge >= 0.3 is 0 Å². The normalized spacial score (nSPS) is 16.1. The molecular weight excluding hydrogens is 377 g/mol. The average molecular weight is 406 g/mol. The Morgan fingerprint density at radius 3 is 2.87 bits per heavy atom. The number of hydrogen-bond donors (Lipinski definition) is 1. The lowest BCUT2D eigenvalue weighted by Gasteiger charge is -2.28. The van der Waals surface area contributed by atoms with Gasteiger partial charge in [0.2, 0.25) is 0 Å². The number of piperidine rings is 1. The molecule has 2 aromatic carbocycles. The summed E-state index contributed by atoms with van der Waals surface area (Å²) >= 11 is 0. The van der Waals surface area contributed by atoms with E-state index in [1.165, 1.54) is 57.3 Å². The van der Waals surface area contributed by atoms with Crippen LogP contribution < -0.4 is 0 Å². The fraction of sp³-hybridized carbons (Fsp3) is 0.417. The summed E-state index contributed by atoms with van der Waals surface area (Å²) in [6, 6.07) is 10.8. The van der Waals surface area contributed by atoms with Crippen LogP contribution in [0.5, 0.6) is 0 Å². The number of benzene rings is 2. The van der Waals surface area contributed by atoms with Crippen molar-refractivity contribution >= 4 is 22.1 Å². The summed E-state index contributed by atoms with van der Waals surface area (Å²) in [5.74, 6) is 1.36. The number of halogens is 1. The standard InChI is InChI=1S/C24H28FN5/c1-29-13-10-17(11-14-29)5-2-3-12-30-16-26-23-19(6-4-7-22(23)30)24-27-20-9-8-18(25)15-21(20)28-24/h4,6-9,15-17H,2-3,5,10-14H2,1H3,(H,27,28). The van der Waals surface area contributed by atoms with Crippen molar-refractivity contribution in [1.82, 2.24) is 24.4 Å². The van der Waals surface area contributed by atoms with E-state index in [0.29, 0.717) is 5.52 Å². The lowest BCUT2D eigenvalue weighted by molar-refractivity contribution is 0.209. The Hall–Kier alpha value is -2.73. The van der Waals surface area contributed by atoms with Crippen LogP contribution >= 0.6 is 0 Å². The third-order valence-electron chi connectivity index (χ3n) is 6.45. The Bertz CT molecular complexity index is 1150. The highest BCUT2D eigenvalue weighted by Gasteiger charge is 2.16. The number of fused-ring (bicyclic) bond motifs is 2. The first-order chi connectivity index (χ1) is 14.7. The molecule has 0 aliphatic carbocycles. The molecule has 0 amide bonds. The lowest BCUT2D eigenvalue weighted by atomic mass is 9.92. The van der Waals surface area contributed by atoms with Crippen LogP contribution in [0.1, 0.15) is 32.1 Å². The zero-order valence-electron chi connectivity index (χ0n) is 17.4. The number of nitrogens with one attached hydrogen (secondary N) is 1. The summed E-state index contributed by atoms with van der Waals surface area (Å²) in [5, 5.41) is 0. The molecule has 1 aliphatic heterocycles. The fourth-order valence-electron chi connectivity index (χ4n) is 4.63. The molecule has 1 aliphatic rings. The van der Waals surface area contributed by atoms with E-state index in [-0.39, 0.29) is 5.82 Å². The highest BCUT2D eigenvalue weighted by molar-refractivity contribution is 5.92. The largest absolute Gasteiger partial charge is 0.338 e. The molecule has 0 spiro atoms. The molecule has 1 N–H and O–H groups in total. The maximum atomic E-state index is 13.5. The van der Waals surface area contributed by atoms with Crippen LogP contribution in [-0.4, -0.2) is 44.6 Å². The Labute approximate surface area is 175 Å². The van der Waals surface area contributed by atoms with E-state index in [0.717, 1.165) is 40.4 Å². The Kier molecular flexibility index (Phi) is 5.25. The minimum Gasteiger partial charge on any atom is -0.338 e. The number of imidazole rings is 2. The minimum absolute atomic E-state index is 0.263. The Morgan fingerprint density at radius 1 is 1.13 bits per heavy atom. The first-order valence-electron chi connectivity index (χ1n) is 11.0. The van der Waals surface area contributed by atoms with Gasteiger partial charge in [0.1, 0.15) is 11.6 Å². The van der Waals surface area contributed by atoms with Gasteiger partial charge in [0.15, 0.2) is 0 Å². The molecule has 156 valence electrons. The molecule has 0 radical (unpaired) electrons. The van der Waals surface area contributed by atoms with Gasteiger partial charge in [-0.2, -0.15) is 0 Å². The van der Waals surface area contributed by atoms with Crippen LogP contribution in [0.25, 0.3) is 33.5 Å². The Balaban J connectivity index is 1.29. The molecule has 30 heavy (non-hydrogen) atoms. The maximum Gasteiger partial charge on any atom is 0.140 e. The first-order valence-corrected chi connectivity index (χ1v) is 11.0. The van der Waals surface area contributed by atoms with Crippen molar-refractivity contribution in [3.05, 3.63) is 48.5 Å². The second-order valence-corrected chi connectivity index (χ2v) is 8.60. The third-order valence-corrected chi connectivity index (χ3v) is 6.45. The van der Waals surface area contributed by atoms with Crippen LogP contribution in [0.4, 0.5) is 4.39 Å². The molecule has 4 aromatic rings. The second-order valence-electron chi connectivity index (χ2n) is 8.60. The molecule has 1 saturated heterocycles. The number of aryl methyl sites for hydroxylation is 1. The molecule has 1 fully saturated rings. The van der Waals surface area contributed by atoms with E-state index in [1.807, 2.05) is 18.5 Å². The van der Waals surface area contributed by atoms with Gasteiger partial charge in [-0.1, -0.05) is 18.9 Å².